The molecule has 2 fully saturated rings. The Balaban J connectivity index is 1.73. The average Bonchev–Trinajstić information content (AvgIpc) is 3.02. The van der Waals surface area contributed by atoms with E-state index in [9.17, 15) is 4.79 Å². The number of carbonyl (C=O) groups excluding carboxylic acids is 1. The largest absolute Gasteiger partial charge is 0.379 e. The van der Waals surface area contributed by atoms with Gasteiger partial charge in [0.15, 0.2) is 0 Å². The highest BCUT2D eigenvalue weighted by molar-refractivity contribution is 9.10. The standard InChI is InChI=1S/C14H19BrN2O2/c1-19-13-4-2-3-11(13)16-14(18)12-7-9(15)8-17(12)10-5-6-10/h7-8,10-11,13H,2-6H2,1H3,(H,16,18). The Hall–Kier alpha value is -0.810. The normalized spacial score (nSPS) is 26.6. The quantitative estimate of drug-likeness (QED) is 0.924. The molecule has 1 N–H and O–H groups in total. The summed E-state index contributed by atoms with van der Waals surface area (Å²) in [5.74, 6) is 0.0200. The summed E-state index contributed by atoms with van der Waals surface area (Å²) in [5.41, 5.74) is 0.760. The smallest absolute Gasteiger partial charge is 0.268 e. The van der Waals surface area contributed by atoms with E-state index in [0.29, 0.717) is 6.04 Å². The van der Waals surface area contributed by atoms with Gasteiger partial charge in [-0.1, -0.05) is 0 Å². The molecular formula is C14H19BrN2O2. The molecule has 1 aromatic heterocycles. The van der Waals surface area contributed by atoms with Crippen LogP contribution in [0.3, 0.4) is 0 Å². The Kier molecular flexibility index (Phi) is 3.67. The third kappa shape index (κ3) is 2.72. The summed E-state index contributed by atoms with van der Waals surface area (Å²) in [7, 11) is 1.72. The fourth-order valence-electron chi connectivity index (χ4n) is 2.90. The zero-order chi connectivity index (χ0) is 13.4. The Labute approximate surface area is 121 Å². The van der Waals surface area contributed by atoms with Crippen molar-refractivity contribution in [1.82, 2.24) is 9.88 Å². The molecule has 2 aliphatic rings. The lowest BCUT2D eigenvalue weighted by atomic mass is 10.2. The van der Waals surface area contributed by atoms with E-state index in [1.807, 2.05) is 12.3 Å². The second-order valence-corrected chi connectivity index (χ2v) is 6.38. The average molecular weight is 327 g/mol. The van der Waals surface area contributed by atoms with Gasteiger partial charge in [-0.25, -0.2) is 0 Å². The van der Waals surface area contributed by atoms with Crippen molar-refractivity contribution in [2.75, 3.05) is 7.11 Å². The van der Waals surface area contributed by atoms with E-state index in [-0.39, 0.29) is 18.1 Å². The topological polar surface area (TPSA) is 43.3 Å². The molecule has 0 spiro atoms. The molecule has 1 aromatic rings. The van der Waals surface area contributed by atoms with Gasteiger partial charge in [0, 0.05) is 23.8 Å². The molecule has 2 unspecified atom stereocenters. The first-order valence-corrected chi connectivity index (χ1v) is 7.69. The highest BCUT2D eigenvalue weighted by Gasteiger charge is 2.31. The summed E-state index contributed by atoms with van der Waals surface area (Å²) in [6, 6.07) is 2.57. The number of rotatable bonds is 4. The van der Waals surface area contributed by atoms with Gasteiger partial charge in [0.1, 0.15) is 5.69 Å². The molecule has 0 radical (unpaired) electrons. The third-order valence-corrected chi connectivity index (χ3v) is 4.49. The summed E-state index contributed by atoms with van der Waals surface area (Å²) in [4.78, 5) is 12.4. The number of methoxy groups -OCH3 is 1. The Morgan fingerprint density at radius 2 is 2.21 bits per heavy atom. The first kappa shape index (κ1) is 13.2. The number of nitrogens with one attached hydrogen (secondary N) is 1. The van der Waals surface area contributed by atoms with E-state index < -0.39 is 0 Å². The number of halogens is 1. The van der Waals surface area contributed by atoms with Gasteiger partial charge in [-0.3, -0.25) is 4.79 Å². The lowest BCUT2D eigenvalue weighted by Crippen LogP contribution is -2.41. The molecule has 0 bridgehead atoms. The van der Waals surface area contributed by atoms with Gasteiger partial charge in [0.05, 0.1) is 12.1 Å². The van der Waals surface area contributed by atoms with Crippen molar-refractivity contribution in [3.63, 3.8) is 0 Å². The third-order valence-electron chi connectivity index (χ3n) is 4.06. The molecule has 0 aromatic carbocycles. The molecule has 2 atom stereocenters. The van der Waals surface area contributed by atoms with E-state index in [4.69, 9.17) is 4.74 Å². The predicted molar refractivity (Wildman–Crippen MR) is 76.3 cm³/mol. The number of hydrogen-bond acceptors (Lipinski definition) is 2. The Morgan fingerprint density at radius 3 is 2.89 bits per heavy atom. The molecule has 5 heteroatoms. The number of aromatic nitrogens is 1. The van der Waals surface area contributed by atoms with Gasteiger partial charge in [0.25, 0.3) is 5.91 Å². The molecule has 0 aliphatic heterocycles. The van der Waals surface area contributed by atoms with Crippen LogP contribution in [-0.4, -0.2) is 29.7 Å². The summed E-state index contributed by atoms with van der Waals surface area (Å²) in [6.45, 7) is 0. The van der Waals surface area contributed by atoms with Crippen molar-refractivity contribution in [3.8, 4) is 0 Å². The molecule has 0 saturated heterocycles. The van der Waals surface area contributed by atoms with E-state index in [0.717, 1.165) is 29.4 Å². The maximum Gasteiger partial charge on any atom is 0.268 e. The minimum Gasteiger partial charge on any atom is -0.379 e. The van der Waals surface area contributed by atoms with Crippen LogP contribution in [0.2, 0.25) is 0 Å². The van der Waals surface area contributed by atoms with E-state index in [1.165, 1.54) is 12.8 Å². The van der Waals surface area contributed by atoms with Gasteiger partial charge in [0.2, 0.25) is 0 Å². The van der Waals surface area contributed by atoms with E-state index in [2.05, 4.69) is 25.8 Å². The molecule has 1 heterocycles. The maximum atomic E-state index is 12.4. The fraction of sp³-hybridized carbons (Fsp3) is 0.643. The first-order chi connectivity index (χ1) is 9.19. The predicted octanol–water partition coefficient (Wildman–Crippen LogP) is 2.88. The van der Waals surface area contributed by atoms with Crippen molar-refractivity contribution < 1.29 is 9.53 Å². The summed E-state index contributed by atoms with van der Waals surface area (Å²) in [5, 5.41) is 3.13. The second kappa shape index (κ2) is 5.29. The molecule has 4 nitrogen and oxygen atoms in total. The van der Waals surface area contributed by atoms with Crippen LogP contribution in [0.5, 0.6) is 0 Å². The van der Waals surface area contributed by atoms with E-state index >= 15 is 0 Å². The van der Waals surface area contributed by atoms with Gasteiger partial charge in [-0.2, -0.15) is 0 Å². The summed E-state index contributed by atoms with van der Waals surface area (Å²) < 4.78 is 8.49. The van der Waals surface area contributed by atoms with Gasteiger partial charge >= 0.3 is 0 Å². The van der Waals surface area contributed by atoms with Crippen LogP contribution in [0, 0.1) is 0 Å². The monoisotopic (exact) mass is 326 g/mol. The number of amides is 1. The highest BCUT2D eigenvalue weighted by Crippen LogP contribution is 2.37. The maximum absolute atomic E-state index is 12.4. The molecule has 2 saturated carbocycles. The van der Waals surface area contributed by atoms with Crippen LogP contribution in [-0.2, 0) is 4.74 Å². The molecule has 3 rings (SSSR count). The minimum atomic E-state index is 0.0200. The van der Waals surface area contributed by atoms with Gasteiger partial charge < -0.3 is 14.6 Å². The zero-order valence-electron chi connectivity index (χ0n) is 11.1. The molecule has 19 heavy (non-hydrogen) atoms. The first-order valence-electron chi connectivity index (χ1n) is 6.90. The number of ether oxygens (including phenoxy) is 1. The van der Waals surface area contributed by atoms with Crippen LogP contribution >= 0.6 is 15.9 Å². The van der Waals surface area contributed by atoms with E-state index in [1.54, 1.807) is 7.11 Å². The molecule has 104 valence electrons. The lowest BCUT2D eigenvalue weighted by Gasteiger charge is -2.20. The molecular weight excluding hydrogens is 308 g/mol. The van der Waals surface area contributed by atoms with Crippen LogP contribution in [0.25, 0.3) is 0 Å². The number of hydrogen-bond donors (Lipinski definition) is 1. The zero-order valence-corrected chi connectivity index (χ0v) is 12.6. The van der Waals surface area contributed by atoms with Crippen molar-refractivity contribution >= 4 is 21.8 Å². The Morgan fingerprint density at radius 1 is 1.42 bits per heavy atom. The van der Waals surface area contributed by atoms with Crippen molar-refractivity contribution in [2.45, 2.75) is 50.3 Å². The summed E-state index contributed by atoms with van der Waals surface area (Å²) >= 11 is 3.46. The fourth-order valence-corrected chi connectivity index (χ4v) is 3.34. The lowest BCUT2D eigenvalue weighted by molar-refractivity contribution is 0.0716. The Bertz CT molecular complexity index is 482. The van der Waals surface area contributed by atoms with Gasteiger partial charge in [-0.15, -0.1) is 0 Å². The number of carbonyl (C=O) groups is 1. The SMILES string of the molecule is COC1CCCC1NC(=O)c1cc(Br)cn1C1CC1. The molecule has 2 aliphatic carbocycles. The van der Waals surface area contributed by atoms with Crippen LogP contribution in [0.4, 0.5) is 0 Å². The van der Waals surface area contributed by atoms with Gasteiger partial charge in [-0.05, 0) is 54.1 Å². The molecule has 1 amide bonds. The van der Waals surface area contributed by atoms with Crippen molar-refractivity contribution in [3.05, 3.63) is 22.4 Å². The van der Waals surface area contributed by atoms with Crippen LogP contribution < -0.4 is 5.32 Å². The van der Waals surface area contributed by atoms with Crippen LogP contribution in [0.1, 0.15) is 48.6 Å². The number of nitrogens with zero attached hydrogens (tertiary/aromatic N) is 1. The second-order valence-electron chi connectivity index (χ2n) is 5.47. The summed E-state index contributed by atoms with van der Waals surface area (Å²) in [6.07, 6.45) is 7.68. The van der Waals surface area contributed by atoms with Crippen molar-refractivity contribution in [2.24, 2.45) is 0 Å². The highest BCUT2D eigenvalue weighted by atomic mass is 79.9. The minimum absolute atomic E-state index is 0.0200. The van der Waals surface area contributed by atoms with Crippen molar-refractivity contribution in [1.29, 1.82) is 0 Å². The van der Waals surface area contributed by atoms with Crippen LogP contribution in [0.15, 0.2) is 16.7 Å².